The zero-order chi connectivity index (χ0) is 10.3. The van der Waals surface area contributed by atoms with Crippen molar-refractivity contribution in [1.29, 1.82) is 0 Å². The fraction of sp³-hybridized carbons (Fsp3) is 0.889. The minimum atomic E-state index is -0.834. The summed E-state index contributed by atoms with van der Waals surface area (Å²) in [5, 5.41) is 8.74. The van der Waals surface area contributed by atoms with Gasteiger partial charge in [-0.05, 0) is 20.3 Å². The van der Waals surface area contributed by atoms with Crippen LogP contribution in [0.15, 0.2) is 0 Å². The highest BCUT2D eigenvalue weighted by Gasteiger charge is 2.26. The van der Waals surface area contributed by atoms with Gasteiger partial charge in [0, 0.05) is 20.3 Å². The van der Waals surface area contributed by atoms with Gasteiger partial charge in [0.15, 0.2) is 0 Å². The molecule has 0 aromatic heterocycles. The number of carboxylic acid groups (broad SMARTS) is 1. The molecule has 0 fully saturated rings. The van der Waals surface area contributed by atoms with E-state index in [9.17, 15) is 4.79 Å². The zero-order valence-corrected chi connectivity index (χ0v) is 8.50. The molecule has 0 radical (unpaired) electrons. The van der Waals surface area contributed by atoms with Crippen LogP contribution < -0.4 is 0 Å². The predicted octanol–water partition coefficient (Wildman–Crippen LogP) is 1.15. The lowest BCUT2D eigenvalue weighted by molar-refractivity contribution is -0.150. The number of methoxy groups -OCH3 is 1. The summed E-state index contributed by atoms with van der Waals surface area (Å²) >= 11 is 0. The van der Waals surface area contributed by atoms with Crippen molar-refractivity contribution in [2.45, 2.75) is 20.3 Å². The van der Waals surface area contributed by atoms with Crippen LogP contribution >= 0.6 is 0 Å². The maximum absolute atomic E-state index is 10.6. The average molecular weight is 190 g/mol. The summed E-state index contributed by atoms with van der Waals surface area (Å²) in [7, 11) is 1.63. The lowest BCUT2D eigenvalue weighted by atomic mass is 9.95. The van der Waals surface area contributed by atoms with Gasteiger partial charge in [-0.1, -0.05) is 0 Å². The van der Waals surface area contributed by atoms with E-state index in [1.165, 1.54) is 0 Å². The van der Waals surface area contributed by atoms with Gasteiger partial charge in [-0.3, -0.25) is 4.79 Å². The van der Waals surface area contributed by atoms with Gasteiger partial charge in [-0.25, -0.2) is 0 Å². The second kappa shape index (κ2) is 5.94. The molecule has 0 saturated heterocycles. The molecule has 0 unspecified atom stereocenters. The monoisotopic (exact) mass is 190 g/mol. The van der Waals surface area contributed by atoms with Crippen LogP contribution in [0.5, 0.6) is 0 Å². The largest absolute Gasteiger partial charge is 0.481 e. The maximum Gasteiger partial charge on any atom is 0.311 e. The van der Waals surface area contributed by atoms with E-state index < -0.39 is 11.4 Å². The first-order chi connectivity index (χ1) is 6.00. The normalized spacial score (nSPS) is 11.6. The van der Waals surface area contributed by atoms with Crippen molar-refractivity contribution in [1.82, 2.24) is 0 Å². The number of carboxylic acids is 1. The van der Waals surface area contributed by atoms with Gasteiger partial charge in [-0.2, -0.15) is 0 Å². The van der Waals surface area contributed by atoms with Crippen molar-refractivity contribution in [3.63, 3.8) is 0 Å². The Hall–Kier alpha value is -0.610. The van der Waals surface area contributed by atoms with Crippen molar-refractivity contribution < 1.29 is 19.4 Å². The Labute approximate surface area is 78.8 Å². The number of hydrogen-bond acceptors (Lipinski definition) is 3. The second-order valence-electron chi connectivity index (χ2n) is 3.59. The van der Waals surface area contributed by atoms with Crippen LogP contribution in [0.25, 0.3) is 0 Å². The fourth-order valence-corrected chi connectivity index (χ4v) is 0.694. The SMILES string of the molecule is COCCCOCC(C)(C)C(=O)O. The van der Waals surface area contributed by atoms with Crippen LogP contribution in [0.3, 0.4) is 0 Å². The Bertz CT molecular complexity index is 154. The standard InChI is InChI=1S/C9H18O4/c1-9(2,8(10)11)7-13-6-4-5-12-3/h4-7H2,1-3H3,(H,10,11). The van der Waals surface area contributed by atoms with Gasteiger partial charge in [-0.15, -0.1) is 0 Å². The number of rotatable bonds is 7. The Kier molecular flexibility index (Phi) is 5.66. The van der Waals surface area contributed by atoms with E-state index in [1.807, 2.05) is 0 Å². The van der Waals surface area contributed by atoms with Crippen LogP contribution in [0.1, 0.15) is 20.3 Å². The van der Waals surface area contributed by atoms with Crippen LogP contribution in [0.2, 0.25) is 0 Å². The van der Waals surface area contributed by atoms with Gasteiger partial charge < -0.3 is 14.6 Å². The molecule has 0 aliphatic heterocycles. The zero-order valence-electron chi connectivity index (χ0n) is 8.50. The number of carbonyl (C=O) groups is 1. The Morgan fingerprint density at radius 3 is 2.46 bits per heavy atom. The summed E-state index contributed by atoms with van der Waals surface area (Å²) in [5.41, 5.74) is -0.799. The molecule has 4 nitrogen and oxygen atoms in total. The molecule has 1 N–H and O–H groups in total. The van der Waals surface area contributed by atoms with Gasteiger partial charge >= 0.3 is 5.97 Å². The molecule has 13 heavy (non-hydrogen) atoms. The van der Waals surface area contributed by atoms with Crippen molar-refractivity contribution in [3.05, 3.63) is 0 Å². The third-order valence-electron chi connectivity index (χ3n) is 1.68. The van der Waals surface area contributed by atoms with E-state index in [0.717, 1.165) is 6.42 Å². The highest BCUT2D eigenvalue weighted by molar-refractivity contribution is 5.73. The smallest absolute Gasteiger partial charge is 0.311 e. The lowest BCUT2D eigenvalue weighted by Gasteiger charge is -2.18. The molecule has 0 saturated carbocycles. The fourth-order valence-electron chi connectivity index (χ4n) is 0.694. The molecular formula is C9H18O4. The molecule has 0 aromatic carbocycles. The van der Waals surface area contributed by atoms with Gasteiger partial charge in [0.25, 0.3) is 0 Å². The molecule has 0 atom stereocenters. The molecular weight excluding hydrogens is 172 g/mol. The van der Waals surface area contributed by atoms with Crippen molar-refractivity contribution in [3.8, 4) is 0 Å². The van der Waals surface area contributed by atoms with Crippen molar-refractivity contribution >= 4 is 5.97 Å². The molecule has 0 spiro atoms. The Morgan fingerprint density at radius 1 is 1.38 bits per heavy atom. The molecule has 0 aromatic rings. The van der Waals surface area contributed by atoms with E-state index in [4.69, 9.17) is 14.6 Å². The highest BCUT2D eigenvalue weighted by Crippen LogP contribution is 2.15. The topological polar surface area (TPSA) is 55.8 Å². The van der Waals surface area contributed by atoms with E-state index in [1.54, 1.807) is 21.0 Å². The quantitative estimate of drug-likeness (QED) is 0.612. The van der Waals surface area contributed by atoms with Crippen LogP contribution in [0.4, 0.5) is 0 Å². The summed E-state index contributed by atoms with van der Waals surface area (Å²) < 4.78 is 10.0. The van der Waals surface area contributed by atoms with Crippen LogP contribution in [-0.2, 0) is 14.3 Å². The minimum absolute atomic E-state index is 0.242. The second-order valence-corrected chi connectivity index (χ2v) is 3.59. The van der Waals surface area contributed by atoms with Crippen molar-refractivity contribution in [2.24, 2.45) is 5.41 Å². The Morgan fingerprint density at radius 2 is 2.00 bits per heavy atom. The van der Waals surface area contributed by atoms with Crippen LogP contribution in [0, 0.1) is 5.41 Å². The first-order valence-corrected chi connectivity index (χ1v) is 4.31. The highest BCUT2D eigenvalue weighted by atomic mass is 16.5. The first kappa shape index (κ1) is 12.4. The Balaban J connectivity index is 3.46. The summed E-state index contributed by atoms with van der Waals surface area (Å²) in [6, 6.07) is 0. The molecule has 0 aliphatic carbocycles. The van der Waals surface area contributed by atoms with E-state index in [0.29, 0.717) is 13.2 Å². The van der Waals surface area contributed by atoms with Crippen molar-refractivity contribution in [2.75, 3.05) is 26.9 Å². The maximum atomic E-state index is 10.6. The van der Waals surface area contributed by atoms with E-state index in [-0.39, 0.29) is 6.61 Å². The summed E-state index contributed by atoms with van der Waals surface area (Å²) in [6.07, 6.45) is 0.798. The number of aliphatic carboxylic acids is 1. The average Bonchev–Trinajstić information content (AvgIpc) is 2.03. The van der Waals surface area contributed by atoms with E-state index >= 15 is 0 Å². The summed E-state index contributed by atoms with van der Waals surface area (Å²) in [6.45, 7) is 4.72. The van der Waals surface area contributed by atoms with Gasteiger partial charge in [0.1, 0.15) is 0 Å². The first-order valence-electron chi connectivity index (χ1n) is 4.31. The molecule has 4 heteroatoms. The minimum Gasteiger partial charge on any atom is -0.481 e. The molecule has 0 rings (SSSR count). The summed E-state index contributed by atoms with van der Waals surface area (Å²) in [5.74, 6) is -0.834. The summed E-state index contributed by atoms with van der Waals surface area (Å²) in [4.78, 5) is 10.6. The third-order valence-corrected chi connectivity index (χ3v) is 1.68. The number of hydrogen-bond donors (Lipinski definition) is 1. The van der Waals surface area contributed by atoms with Gasteiger partial charge in [0.2, 0.25) is 0 Å². The molecule has 0 heterocycles. The van der Waals surface area contributed by atoms with E-state index in [2.05, 4.69) is 0 Å². The third kappa shape index (κ3) is 5.60. The molecule has 0 aliphatic rings. The number of ether oxygens (including phenoxy) is 2. The molecule has 78 valence electrons. The van der Waals surface area contributed by atoms with Gasteiger partial charge in [0.05, 0.1) is 12.0 Å². The van der Waals surface area contributed by atoms with Crippen LogP contribution in [-0.4, -0.2) is 38.0 Å². The predicted molar refractivity (Wildman–Crippen MR) is 48.7 cm³/mol. The lowest BCUT2D eigenvalue weighted by Crippen LogP contribution is -2.29. The molecule has 0 amide bonds. The molecule has 0 bridgehead atoms.